The Labute approximate surface area is 186 Å². The van der Waals surface area contributed by atoms with E-state index in [0.717, 1.165) is 34.6 Å². The number of aryl methyl sites for hydroxylation is 1. The zero-order valence-corrected chi connectivity index (χ0v) is 18.4. The van der Waals surface area contributed by atoms with Gasteiger partial charge in [-0.05, 0) is 62.7 Å². The van der Waals surface area contributed by atoms with Crippen molar-refractivity contribution in [1.29, 1.82) is 0 Å². The number of hydrogen-bond donors (Lipinski definition) is 2. The Hall–Kier alpha value is -3.74. The van der Waals surface area contributed by atoms with Gasteiger partial charge in [0, 0.05) is 35.3 Å². The first kappa shape index (κ1) is 21.5. The van der Waals surface area contributed by atoms with Gasteiger partial charge in [-0.3, -0.25) is 9.59 Å². The molecule has 1 aliphatic rings. The molecule has 0 fully saturated rings. The van der Waals surface area contributed by atoms with E-state index in [4.69, 9.17) is 13.9 Å². The Balaban J connectivity index is 1.48. The van der Waals surface area contributed by atoms with Crippen LogP contribution in [-0.4, -0.2) is 24.5 Å². The van der Waals surface area contributed by atoms with Crippen LogP contribution in [0.3, 0.4) is 0 Å². The molecule has 7 heteroatoms. The fraction of sp³-hybridized carbons (Fsp3) is 0.280. The molecule has 0 saturated heterocycles. The molecule has 0 saturated carbocycles. The van der Waals surface area contributed by atoms with Crippen molar-refractivity contribution in [3.63, 3.8) is 0 Å². The highest BCUT2D eigenvalue weighted by Gasteiger charge is 2.22. The molecule has 0 bridgehead atoms. The monoisotopic (exact) mass is 434 g/mol. The van der Waals surface area contributed by atoms with Crippen LogP contribution in [-0.2, 0) is 13.0 Å². The third-order valence-corrected chi connectivity index (χ3v) is 5.31. The lowest BCUT2D eigenvalue weighted by Crippen LogP contribution is -2.23. The lowest BCUT2D eigenvalue weighted by atomic mass is 10.1. The average molecular weight is 434 g/mol. The molecule has 166 valence electrons. The number of carbonyl (C=O) groups is 2. The van der Waals surface area contributed by atoms with Gasteiger partial charge in [0.25, 0.3) is 11.8 Å². The minimum absolute atomic E-state index is 0.131. The van der Waals surface area contributed by atoms with Crippen molar-refractivity contribution in [2.75, 3.05) is 11.9 Å². The Bertz CT molecular complexity index is 1140. The van der Waals surface area contributed by atoms with Gasteiger partial charge in [-0.15, -0.1) is 0 Å². The van der Waals surface area contributed by atoms with Crippen molar-refractivity contribution >= 4 is 17.5 Å². The molecule has 0 radical (unpaired) electrons. The maximum atomic E-state index is 12.8. The molecule has 1 atom stereocenters. The van der Waals surface area contributed by atoms with Gasteiger partial charge in [0.1, 0.15) is 17.6 Å². The predicted octanol–water partition coefficient (Wildman–Crippen LogP) is 4.49. The number of amides is 2. The van der Waals surface area contributed by atoms with Crippen molar-refractivity contribution in [1.82, 2.24) is 5.32 Å². The maximum Gasteiger partial charge on any atom is 0.291 e. The number of anilines is 1. The van der Waals surface area contributed by atoms with Gasteiger partial charge < -0.3 is 24.5 Å². The van der Waals surface area contributed by atoms with Crippen molar-refractivity contribution in [2.24, 2.45) is 0 Å². The van der Waals surface area contributed by atoms with Crippen LogP contribution in [0.2, 0.25) is 0 Å². The first-order chi connectivity index (χ1) is 15.4. The van der Waals surface area contributed by atoms with Gasteiger partial charge in [0.05, 0.1) is 12.9 Å². The highest BCUT2D eigenvalue weighted by molar-refractivity contribution is 6.03. The minimum atomic E-state index is -0.371. The van der Waals surface area contributed by atoms with Crippen molar-refractivity contribution in [3.05, 3.63) is 76.7 Å². The smallest absolute Gasteiger partial charge is 0.291 e. The molecular weight excluding hydrogens is 408 g/mol. The maximum absolute atomic E-state index is 12.8. The van der Waals surface area contributed by atoms with Crippen LogP contribution in [0.25, 0.3) is 0 Å². The summed E-state index contributed by atoms with van der Waals surface area (Å²) in [5, 5.41) is 5.73. The van der Waals surface area contributed by atoms with Crippen molar-refractivity contribution in [2.45, 2.75) is 39.8 Å². The molecule has 3 aromatic rings. The second-order valence-corrected chi connectivity index (χ2v) is 7.78. The number of carbonyl (C=O) groups excluding carboxylic acids is 2. The summed E-state index contributed by atoms with van der Waals surface area (Å²) >= 11 is 0. The van der Waals surface area contributed by atoms with E-state index >= 15 is 0 Å². The predicted molar refractivity (Wildman–Crippen MR) is 120 cm³/mol. The molecule has 2 heterocycles. The summed E-state index contributed by atoms with van der Waals surface area (Å²) in [4.78, 5) is 25.1. The molecule has 0 unspecified atom stereocenters. The molecule has 2 aromatic carbocycles. The summed E-state index contributed by atoms with van der Waals surface area (Å²) < 4.78 is 16.8. The van der Waals surface area contributed by atoms with Crippen LogP contribution in [0.4, 0.5) is 5.69 Å². The summed E-state index contributed by atoms with van der Waals surface area (Å²) in [6, 6.07) is 12.3. The first-order valence-corrected chi connectivity index (χ1v) is 10.6. The number of hydrogen-bond acceptors (Lipinski definition) is 5. The van der Waals surface area contributed by atoms with Crippen LogP contribution in [0.1, 0.15) is 51.5 Å². The summed E-state index contributed by atoms with van der Waals surface area (Å²) in [6.45, 7) is 6.65. The SMILES string of the molecule is CCOc1cc2c(cc1CNC(=O)c1ccc(C)c(NC(=O)c3ccco3)c1)O[C@H](C)C2. The van der Waals surface area contributed by atoms with Crippen molar-refractivity contribution < 1.29 is 23.5 Å². The van der Waals surface area contributed by atoms with E-state index in [0.29, 0.717) is 24.4 Å². The molecule has 1 aliphatic heterocycles. The zero-order valence-electron chi connectivity index (χ0n) is 18.4. The summed E-state index contributed by atoms with van der Waals surface area (Å²) in [5.41, 5.74) is 3.80. The Morgan fingerprint density at radius 1 is 1.16 bits per heavy atom. The van der Waals surface area contributed by atoms with Gasteiger partial charge in [0.2, 0.25) is 0 Å². The lowest BCUT2D eigenvalue weighted by molar-refractivity contribution is 0.0948. The van der Waals surface area contributed by atoms with E-state index in [9.17, 15) is 9.59 Å². The Morgan fingerprint density at radius 2 is 2.00 bits per heavy atom. The van der Waals surface area contributed by atoms with Crippen molar-refractivity contribution in [3.8, 4) is 11.5 Å². The van der Waals surface area contributed by atoms with Gasteiger partial charge in [-0.25, -0.2) is 0 Å². The third-order valence-electron chi connectivity index (χ3n) is 5.31. The third kappa shape index (κ3) is 4.61. The number of benzene rings is 2. The molecule has 0 aliphatic carbocycles. The summed E-state index contributed by atoms with van der Waals surface area (Å²) in [5.74, 6) is 1.17. The number of fused-ring (bicyclic) bond motifs is 1. The minimum Gasteiger partial charge on any atom is -0.494 e. The first-order valence-electron chi connectivity index (χ1n) is 10.6. The molecule has 2 amide bonds. The lowest BCUT2D eigenvalue weighted by Gasteiger charge is -2.14. The Morgan fingerprint density at radius 3 is 2.75 bits per heavy atom. The largest absolute Gasteiger partial charge is 0.494 e. The second kappa shape index (κ2) is 9.18. The van der Waals surface area contributed by atoms with E-state index in [-0.39, 0.29) is 23.7 Å². The topological polar surface area (TPSA) is 89.8 Å². The number of rotatable bonds is 7. The van der Waals surface area contributed by atoms with Gasteiger partial charge in [-0.1, -0.05) is 6.07 Å². The van der Waals surface area contributed by atoms with E-state index in [1.54, 1.807) is 30.3 Å². The summed E-state index contributed by atoms with van der Waals surface area (Å²) in [6.07, 6.45) is 2.41. The number of furan rings is 1. The average Bonchev–Trinajstić information content (AvgIpc) is 3.42. The molecule has 2 N–H and O–H groups in total. The standard InChI is InChI=1S/C25H26N2O5/c1-4-30-22-12-18-10-16(3)32-23(18)13-19(22)14-26-24(28)17-8-7-15(2)20(11-17)27-25(29)21-6-5-9-31-21/h5-9,11-13,16H,4,10,14H2,1-3H3,(H,26,28)(H,27,29)/t16-/m1/s1. The van der Waals surface area contributed by atoms with E-state index in [2.05, 4.69) is 10.6 Å². The van der Waals surface area contributed by atoms with Crippen LogP contribution in [0, 0.1) is 6.92 Å². The van der Waals surface area contributed by atoms with E-state index in [1.807, 2.05) is 32.9 Å². The molecule has 0 spiro atoms. The molecule has 7 nitrogen and oxygen atoms in total. The quantitative estimate of drug-likeness (QED) is 0.572. The van der Waals surface area contributed by atoms with Gasteiger partial charge in [-0.2, -0.15) is 0 Å². The van der Waals surface area contributed by atoms with E-state index in [1.165, 1.54) is 6.26 Å². The number of ether oxygens (including phenoxy) is 2. The highest BCUT2D eigenvalue weighted by Crippen LogP contribution is 2.35. The van der Waals surface area contributed by atoms with Gasteiger partial charge >= 0.3 is 0 Å². The van der Waals surface area contributed by atoms with Crippen LogP contribution in [0.5, 0.6) is 11.5 Å². The Kier molecular flexibility index (Phi) is 6.16. The van der Waals surface area contributed by atoms with Crippen LogP contribution in [0.15, 0.2) is 53.1 Å². The van der Waals surface area contributed by atoms with Gasteiger partial charge in [0.15, 0.2) is 5.76 Å². The van der Waals surface area contributed by atoms with E-state index < -0.39 is 0 Å². The fourth-order valence-electron chi connectivity index (χ4n) is 3.68. The van der Waals surface area contributed by atoms with Crippen LogP contribution < -0.4 is 20.1 Å². The van der Waals surface area contributed by atoms with Crippen LogP contribution >= 0.6 is 0 Å². The molecule has 1 aromatic heterocycles. The molecular formula is C25H26N2O5. The number of nitrogens with one attached hydrogen (secondary N) is 2. The highest BCUT2D eigenvalue weighted by atomic mass is 16.5. The molecule has 4 rings (SSSR count). The fourth-order valence-corrected chi connectivity index (χ4v) is 3.68. The normalized spacial score (nSPS) is 14.4. The zero-order chi connectivity index (χ0) is 22.7. The summed E-state index contributed by atoms with van der Waals surface area (Å²) in [7, 11) is 0. The second-order valence-electron chi connectivity index (χ2n) is 7.78. The molecule has 32 heavy (non-hydrogen) atoms.